The molecule has 0 bridgehead atoms. The predicted molar refractivity (Wildman–Crippen MR) is 102 cm³/mol. The van der Waals surface area contributed by atoms with Gasteiger partial charge in [0.05, 0.1) is 24.9 Å². The predicted octanol–water partition coefficient (Wildman–Crippen LogP) is 2.94. The number of benzene rings is 2. The van der Waals surface area contributed by atoms with Crippen LogP contribution in [0.15, 0.2) is 42.6 Å². The molecule has 27 heavy (non-hydrogen) atoms. The molecular weight excluding hydrogens is 348 g/mol. The largest absolute Gasteiger partial charge is 0.490 e. The number of anilines is 2. The van der Waals surface area contributed by atoms with Gasteiger partial charge in [0.2, 0.25) is 0 Å². The lowest BCUT2D eigenvalue weighted by atomic mass is 10.2. The summed E-state index contributed by atoms with van der Waals surface area (Å²) in [4.78, 5) is 24.4. The minimum atomic E-state index is -0.786. The number of hydrogen-bond donors (Lipinski definition) is 3. The minimum absolute atomic E-state index is 0.436. The van der Waals surface area contributed by atoms with Gasteiger partial charge < -0.3 is 20.1 Å². The molecule has 2 amide bonds. The van der Waals surface area contributed by atoms with Gasteiger partial charge in [0, 0.05) is 22.8 Å². The molecule has 0 spiro atoms. The summed E-state index contributed by atoms with van der Waals surface area (Å²) in [6, 6.07) is 10.2. The summed E-state index contributed by atoms with van der Waals surface area (Å²) in [7, 11) is 0. The fourth-order valence-corrected chi connectivity index (χ4v) is 2.52. The normalized spacial score (nSPS) is 10.4. The summed E-state index contributed by atoms with van der Waals surface area (Å²) >= 11 is 0. The monoisotopic (exact) mass is 368 g/mol. The van der Waals surface area contributed by atoms with Crippen LogP contribution >= 0.6 is 0 Å². The molecule has 2 aromatic carbocycles. The second kappa shape index (κ2) is 8.22. The lowest BCUT2D eigenvalue weighted by Crippen LogP contribution is -2.29. The number of carbonyl (C=O) groups excluding carboxylic acids is 2. The van der Waals surface area contributed by atoms with Gasteiger partial charge in [-0.3, -0.25) is 14.7 Å². The van der Waals surface area contributed by atoms with Crippen molar-refractivity contribution in [3.05, 3.63) is 42.6 Å². The molecule has 8 nitrogen and oxygen atoms in total. The van der Waals surface area contributed by atoms with Crippen LogP contribution in [0.5, 0.6) is 11.5 Å². The molecule has 1 heterocycles. The van der Waals surface area contributed by atoms with Crippen LogP contribution < -0.4 is 20.1 Å². The molecule has 0 unspecified atom stereocenters. The van der Waals surface area contributed by atoms with Crippen LogP contribution in [0, 0.1) is 0 Å². The zero-order valence-electron chi connectivity index (χ0n) is 15.0. The fourth-order valence-electron chi connectivity index (χ4n) is 2.52. The molecule has 8 heteroatoms. The van der Waals surface area contributed by atoms with Crippen LogP contribution in [0.2, 0.25) is 0 Å². The number of hydrogen-bond acceptors (Lipinski definition) is 5. The zero-order chi connectivity index (χ0) is 19.2. The van der Waals surface area contributed by atoms with Crippen molar-refractivity contribution in [3.63, 3.8) is 0 Å². The molecule has 140 valence electrons. The smallest absolute Gasteiger partial charge is 0.314 e. The van der Waals surface area contributed by atoms with E-state index in [4.69, 9.17) is 9.47 Å². The molecule has 3 aromatic rings. The molecule has 3 N–H and O–H groups in total. The second-order valence-corrected chi connectivity index (χ2v) is 5.61. The van der Waals surface area contributed by atoms with Gasteiger partial charge in [0.25, 0.3) is 0 Å². The number of ether oxygens (including phenoxy) is 2. The Balaban J connectivity index is 1.68. The zero-order valence-corrected chi connectivity index (χ0v) is 15.0. The van der Waals surface area contributed by atoms with Crippen molar-refractivity contribution in [1.82, 2.24) is 10.2 Å². The SMILES string of the molecule is CCOc1ccc(NC(=O)C(=O)Nc2ccc3cn[nH]c3c2)cc1OCC. The summed E-state index contributed by atoms with van der Waals surface area (Å²) in [5.41, 5.74) is 1.70. The number of nitrogens with one attached hydrogen (secondary N) is 3. The Morgan fingerprint density at radius 1 is 0.926 bits per heavy atom. The third-order valence-corrected chi connectivity index (χ3v) is 3.71. The highest BCUT2D eigenvalue weighted by molar-refractivity contribution is 6.43. The Morgan fingerprint density at radius 3 is 2.26 bits per heavy atom. The Morgan fingerprint density at radius 2 is 1.56 bits per heavy atom. The molecule has 3 rings (SSSR count). The highest BCUT2D eigenvalue weighted by atomic mass is 16.5. The van der Waals surface area contributed by atoms with Crippen molar-refractivity contribution in [3.8, 4) is 11.5 Å². The van der Waals surface area contributed by atoms with Gasteiger partial charge >= 0.3 is 11.8 Å². The van der Waals surface area contributed by atoms with Gasteiger partial charge in [-0.25, -0.2) is 0 Å². The number of fused-ring (bicyclic) bond motifs is 1. The summed E-state index contributed by atoms with van der Waals surface area (Å²) in [6.45, 7) is 4.67. The molecule has 0 atom stereocenters. The molecule has 0 saturated carbocycles. The van der Waals surface area contributed by atoms with Gasteiger partial charge in [-0.2, -0.15) is 5.10 Å². The lowest BCUT2D eigenvalue weighted by molar-refractivity contribution is -0.132. The number of nitrogens with zero attached hydrogens (tertiary/aromatic N) is 1. The average Bonchev–Trinajstić information content (AvgIpc) is 3.12. The molecular formula is C19H20N4O4. The number of rotatable bonds is 6. The summed E-state index contributed by atoms with van der Waals surface area (Å²) in [6.07, 6.45) is 1.68. The van der Waals surface area contributed by atoms with Crippen LogP contribution in [0.4, 0.5) is 11.4 Å². The molecule has 0 aliphatic rings. The maximum Gasteiger partial charge on any atom is 0.314 e. The van der Waals surface area contributed by atoms with E-state index in [1.54, 1.807) is 42.6 Å². The Hall–Kier alpha value is -3.55. The molecule has 0 fully saturated rings. The Bertz CT molecular complexity index is 967. The first-order valence-corrected chi connectivity index (χ1v) is 8.55. The Kier molecular flexibility index (Phi) is 5.55. The third kappa shape index (κ3) is 4.35. The first-order valence-electron chi connectivity index (χ1n) is 8.55. The van der Waals surface area contributed by atoms with Gasteiger partial charge in [-0.15, -0.1) is 0 Å². The van der Waals surface area contributed by atoms with Crippen LogP contribution in [-0.2, 0) is 9.59 Å². The van der Waals surface area contributed by atoms with Crippen molar-refractivity contribution < 1.29 is 19.1 Å². The fraction of sp³-hybridized carbons (Fsp3) is 0.211. The van der Waals surface area contributed by atoms with E-state index < -0.39 is 11.8 Å². The van der Waals surface area contributed by atoms with Crippen molar-refractivity contribution in [2.75, 3.05) is 23.8 Å². The number of aromatic amines is 1. The van der Waals surface area contributed by atoms with Crippen molar-refractivity contribution in [2.45, 2.75) is 13.8 Å². The van der Waals surface area contributed by atoms with Gasteiger partial charge in [0.1, 0.15) is 0 Å². The van der Waals surface area contributed by atoms with Crippen LogP contribution in [0.25, 0.3) is 10.9 Å². The minimum Gasteiger partial charge on any atom is -0.490 e. The van der Waals surface area contributed by atoms with E-state index >= 15 is 0 Å². The third-order valence-electron chi connectivity index (χ3n) is 3.71. The summed E-state index contributed by atoms with van der Waals surface area (Å²) in [5.74, 6) is -0.482. The highest BCUT2D eigenvalue weighted by Gasteiger charge is 2.16. The van der Waals surface area contributed by atoms with Crippen molar-refractivity contribution in [2.24, 2.45) is 0 Å². The van der Waals surface area contributed by atoms with Gasteiger partial charge in [-0.05, 0) is 44.2 Å². The van der Waals surface area contributed by atoms with Crippen LogP contribution in [0.3, 0.4) is 0 Å². The van der Waals surface area contributed by atoms with E-state index in [1.165, 1.54) is 0 Å². The molecule has 0 aliphatic heterocycles. The number of aromatic nitrogens is 2. The second-order valence-electron chi connectivity index (χ2n) is 5.61. The van der Waals surface area contributed by atoms with Gasteiger partial charge in [-0.1, -0.05) is 0 Å². The van der Waals surface area contributed by atoms with E-state index in [0.29, 0.717) is 36.1 Å². The molecule has 0 radical (unpaired) electrons. The topological polar surface area (TPSA) is 105 Å². The standard InChI is InChI=1S/C19H20N4O4/c1-3-26-16-8-7-14(10-17(16)27-4-2)22-19(25)18(24)21-13-6-5-12-11-20-23-15(12)9-13/h5-11H,3-4H2,1-2H3,(H,20,23)(H,21,24)(H,22,25). The summed E-state index contributed by atoms with van der Waals surface area (Å²) in [5, 5.41) is 12.8. The van der Waals surface area contributed by atoms with Crippen LogP contribution in [-0.4, -0.2) is 35.2 Å². The van der Waals surface area contributed by atoms with Crippen molar-refractivity contribution in [1.29, 1.82) is 0 Å². The maximum atomic E-state index is 12.2. The van der Waals surface area contributed by atoms with E-state index in [-0.39, 0.29) is 0 Å². The first kappa shape index (κ1) is 18.2. The van der Waals surface area contributed by atoms with E-state index in [0.717, 1.165) is 10.9 Å². The highest BCUT2D eigenvalue weighted by Crippen LogP contribution is 2.30. The number of carbonyl (C=O) groups is 2. The molecule has 0 aliphatic carbocycles. The number of H-pyrrole nitrogens is 1. The summed E-state index contributed by atoms with van der Waals surface area (Å²) < 4.78 is 11.0. The number of amides is 2. The van der Waals surface area contributed by atoms with Crippen LogP contribution in [0.1, 0.15) is 13.8 Å². The van der Waals surface area contributed by atoms with E-state index in [1.807, 2.05) is 13.8 Å². The van der Waals surface area contributed by atoms with Crippen molar-refractivity contribution >= 4 is 34.1 Å². The van der Waals surface area contributed by atoms with E-state index in [2.05, 4.69) is 20.8 Å². The molecule has 0 saturated heterocycles. The quantitative estimate of drug-likeness (QED) is 0.580. The van der Waals surface area contributed by atoms with Gasteiger partial charge in [0.15, 0.2) is 11.5 Å². The van der Waals surface area contributed by atoms with E-state index in [9.17, 15) is 9.59 Å². The molecule has 1 aromatic heterocycles. The maximum absolute atomic E-state index is 12.2. The lowest BCUT2D eigenvalue weighted by Gasteiger charge is -2.13. The average molecular weight is 368 g/mol. The first-order chi connectivity index (χ1) is 13.1. The Labute approximate surface area is 155 Å².